The van der Waals surface area contributed by atoms with Crippen LogP contribution in [0.25, 0.3) is 0 Å². The highest BCUT2D eigenvalue weighted by molar-refractivity contribution is 5.95. The first kappa shape index (κ1) is 30.0. The Labute approximate surface area is 228 Å². The van der Waals surface area contributed by atoms with E-state index < -0.39 is 0 Å². The number of nitrogens with zero attached hydrogens (tertiary/aromatic N) is 2. The summed E-state index contributed by atoms with van der Waals surface area (Å²) in [5.41, 5.74) is 0.570. The topological polar surface area (TPSA) is 89.6 Å². The zero-order valence-corrected chi connectivity index (χ0v) is 24.0. The molecule has 1 saturated heterocycles. The number of methoxy groups -OCH3 is 2. The van der Waals surface area contributed by atoms with Gasteiger partial charge in [-0.1, -0.05) is 13.8 Å². The lowest BCUT2D eigenvalue weighted by Crippen LogP contribution is -2.45. The molecule has 2 fully saturated rings. The van der Waals surface area contributed by atoms with Crippen LogP contribution in [0.4, 0.5) is 4.79 Å². The van der Waals surface area contributed by atoms with Crippen molar-refractivity contribution in [2.24, 2.45) is 17.8 Å². The van der Waals surface area contributed by atoms with Gasteiger partial charge < -0.3 is 34.1 Å². The van der Waals surface area contributed by atoms with Crippen molar-refractivity contribution in [2.45, 2.75) is 59.0 Å². The van der Waals surface area contributed by atoms with Gasteiger partial charge in [-0.05, 0) is 62.6 Å². The lowest BCUT2D eigenvalue weighted by molar-refractivity contribution is 0.0623. The lowest BCUT2D eigenvalue weighted by Gasteiger charge is -2.33. The van der Waals surface area contributed by atoms with Crippen LogP contribution in [0.1, 0.15) is 57.3 Å². The molecule has 0 aromatic heterocycles. The summed E-state index contributed by atoms with van der Waals surface area (Å²) >= 11 is 0. The predicted molar refractivity (Wildman–Crippen MR) is 147 cm³/mol. The van der Waals surface area contributed by atoms with E-state index in [4.69, 9.17) is 18.9 Å². The Bertz CT molecular complexity index is 904. The van der Waals surface area contributed by atoms with E-state index in [2.05, 4.69) is 5.32 Å². The Hall–Kier alpha value is -2.52. The molecule has 2 atom stereocenters. The van der Waals surface area contributed by atoms with Crippen LogP contribution in [-0.4, -0.2) is 94.1 Å². The standard InChI is InChI=1S/C29H47N3O6/c1-20(2)19-38-29(34)32(25-9-10-25)18-24-16-30-15-23(24)17-31(21(3)4)28(33)22-8-11-26(36-6)27(14-22)37-13-7-12-35-5/h8,11,14,20-21,23-25,30H,7,9-10,12-13,15-19H2,1-6H3/t23-,24?/m0/s1. The second-order valence-corrected chi connectivity index (χ2v) is 11.1. The summed E-state index contributed by atoms with van der Waals surface area (Å²) in [6.07, 6.45) is 2.60. The molecule has 214 valence electrons. The zero-order chi connectivity index (χ0) is 27.7. The molecule has 38 heavy (non-hydrogen) atoms. The molecule has 0 spiro atoms. The zero-order valence-electron chi connectivity index (χ0n) is 24.0. The molecule has 1 saturated carbocycles. The lowest BCUT2D eigenvalue weighted by atomic mass is 9.94. The van der Waals surface area contributed by atoms with Crippen molar-refractivity contribution in [1.82, 2.24) is 15.1 Å². The minimum Gasteiger partial charge on any atom is -0.493 e. The molecule has 1 aliphatic carbocycles. The van der Waals surface area contributed by atoms with Crippen LogP contribution in [0, 0.1) is 17.8 Å². The Morgan fingerprint density at radius 1 is 1.00 bits per heavy atom. The van der Waals surface area contributed by atoms with Crippen molar-refractivity contribution in [3.05, 3.63) is 23.8 Å². The first-order chi connectivity index (χ1) is 18.2. The van der Waals surface area contributed by atoms with Crippen LogP contribution in [0.5, 0.6) is 11.5 Å². The summed E-state index contributed by atoms with van der Waals surface area (Å²) in [7, 11) is 3.25. The van der Waals surface area contributed by atoms with Gasteiger partial charge in [-0.15, -0.1) is 0 Å². The van der Waals surface area contributed by atoms with Crippen LogP contribution >= 0.6 is 0 Å². The SMILES string of the molecule is COCCCOc1cc(C(=O)N(C[C@@H]2CNCC2CN(C(=O)OCC(C)C)C2CC2)C(C)C)ccc1OC. The van der Waals surface area contributed by atoms with Gasteiger partial charge in [-0.2, -0.15) is 0 Å². The Kier molecular flexibility index (Phi) is 11.5. The molecule has 9 nitrogen and oxygen atoms in total. The van der Waals surface area contributed by atoms with Crippen molar-refractivity contribution >= 4 is 12.0 Å². The maximum Gasteiger partial charge on any atom is 0.410 e. The van der Waals surface area contributed by atoms with Crippen LogP contribution in [0.3, 0.4) is 0 Å². The van der Waals surface area contributed by atoms with Crippen molar-refractivity contribution < 1.29 is 28.5 Å². The third-order valence-electron chi connectivity index (χ3n) is 7.15. The van der Waals surface area contributed by atoms with E-state index >= 15 is 0 Å². The molecule has 1 aromatic carbocycles. The molecular weight excluding hydrogens is 486 g/mol. The van der Waals surface area contributed by atoms with Crippen molar-refractivity contribution in [1.29, 1.82) is 0 Å². The minimum atomic E-state index is -0.208. The Morgan fingerprint density at radius 2 is 1.71 bits per heavy atom. The summed E-state index contributed by atoms with van der Waals surface area (Å²) in [4.78, 5) is 30.4. The second kappa shape index (κ2) is 14.6. The van der Waals surface area contributed by atoms with Crippen LogP contribution < -0.4 is 14.8 Å². The molecule has 0 bridgehead atoms. The molecule has 1 unspecified atom stereocenters. The number of hydrogen-bond acceptors (Lipinski definition) is 7. The number of amides is 2. The molecule has 1 aliphatic heterocycles. The molecule has 2 aliphatic rings. The number of carbonyl (C=O) groups excluding carboxylic acids is 2. The number of nitrogens with one attached hydrogen (secondary N) is 1. The maximum atomic E-state index is 13.7. The molecule has 9 heteroatoms. The molecule has 2 amide bonds. The smallest absolute Gasteiger partial charge is 0.410 e. The van der Waals surface area contributed by atoms with E-state index in [-0.39, 0.29) is 35.9 Å². The minimum absolute atomic E-state index is 0.0208. The van der Waals surface area contributed by atoms with Gasteiger partial charge in [-0.25, -0.2) is 4.79 Å². The van der Waals surface area contributed by atoms with Crippen molar-refractivity contribution in [2.75, 3.05) is 60.2 Å². The van der Waals surface area contributed by atoms with Gasteiger partial charge in [0.1, 0.15) is 0 Å². The third kappa shape index (κ3) is 8.50. The molecular formula is C29H47N3O6. The van der Waals surface area contributed by atoms with Gasteiger partial charge in [0.05, 0.1) is 20.3 Å². The summed E-state index contributed by atoms with van der Waals surface area (Å²) in [5.74, 6) is 1.92. The largest absolute Gasteiger partial charge is 0.493 e. The summed E-state index contributed by atoms with van der Waals surface area (Å²) in [6, 6.07) is 5.65. The van der Waals surface area contributed by atoms with E-state index in [1.54, 1.807) is 32.4 Å². The number of carbonyl (C=O) groups is 2. The van der Waals surface area contributed by atoms with Crippen LogP contribution in [0.2, 0.25) is 0 Å². The molecule has 1 aromatic rings. The van der Waals surface area contributed by atoms with Gasteiger partial charge in [0.2, 0.25) is 0 Å². The normalized spacial score (nSPS) is 19.1. The molecule has 1 heterocycles. The van der Waals surface area contributed by atoms with Gasteiger partial charge in [0, 0.05) is 64.0 Å². The molecule has 0 radical (unpaired) electrons. The van der Waals surface area contributed by atoms with Gasteiger partial charge >= 0.3 is 6.09 Å². The molecule has 1 N–H and O–H groups in total. The highest BCUT2D eigenvalue weighted by Crippen LogP contribution is 2.32. The van der Waals surface area contributed by atoms with Crippen LogP contribution in [0.15, 0.2) is 18.2 Å². The Balaban J connectivity index is 1.68. The third-order valence-corrected chi connectivity index (χ3v) is 7.15. The highest BCUT2D eigenvalue weighted by Gasteiger charge is 2.39. The first-order valence-electron chi connectivity index (χ1n) is 14.0. The fourth-order valence-corrected chi connectivity index (χ4v) is 4.80. The average Bonchev–Trinajstić information content (AvgIpc) is 3.64. The van der Waals surface area contributed by atoms with E-state index in [9.17, 15) is 9.59 Å². The predicted octanol–water partition coefficient (Wildman–Crippen LogP) is 4.05. The number of benzene rings is 1. The van der Waals surface area contributed by atoms with Crippen LogP contribution in [-0.2, 0) is 9.47 Å². The van der Waals surface area contributed by atoms with Gasteiger partial charge in [0.15, 0.2) is 11.5 Å². The fraction of sp³-hybridized carbons (Fsp3) is 0.724. The highest BCUT2D eigenvalue weighted by atomic mass is 16.6. The Morgan fingerprint density at radius 3 is 2.32 bits per heavy atom. The van der Waals surface area contributed by atoms with E-state index in [0.29, 0.717) is 55.9 Å². The molecule has 3 rings (SSSR count). The second-order valence-electron chi connectivity index (χ2n) is 11.1. The summed E-state index contributed by atoms with van der Waals surface area (Å²) in [5, 5.41) is 3.49. The van der Waals surface area contributed by atoms with Crippen molar-refractivity contribution in [3.8, 4) is 11.5 Å². The van der Waals surface area contributed by atoms with Gasteiger partial charge in [-0.3, -0.25) is 4.79 Å². The summed E-state index contributed by atoms with van der Waals surface area (Å²) in [6.45, 7) is 12.6. The monoisotopic (exact) mass is 533 g/mol. The summed E-state index contributed by atoms with van der Waals surface area (Å²) < 4.78 is 22.0. The number of hydrogen-bond donors (Lipinski definition) is 1. The fourth-order valence-electron chi connectivity index (χ4n) is 4.80. The van der Waals surface area contributed by atoms with Crippen molar-refractivity contribution in [3.63, 3.8) is 0 Å². The average molecular weight is 534 g/mol. The van der Waals surface area contributed by atoms with E-state index in [1.807, 2.05) is 37.5 Å². The number of rotatable bonds is 15. The quantitative estimate of drug-likeness (QED) is 0.340. The first-order valence-corrected chi connectivity index (χ1v) is 14.0. The van der Waals surface area contributed by atoms with Gasteiger partial charge in [0.25, 0.3) is 5.91 Å². The van der Waals surface area contributed by atoms with E-state index in [0.717, 1.165) is 32.4 Å². The number of ether oxygens (including phenoxy) is 4. The van der Waals surface area contributed by atoms with E-state index in [1.165, 1.54) is 0 Å². The maximum absolute atomic E-state index is 13.7.